The van der Waals surface area contributed by atoms with E-state index in [2.05, 4.69) is 133 Å². The van der Waals surface area contributed by atoms with Gasteiger partial charge in [0.1, 0.15) is 0 Å². The molecule has 3 nitrogen and oxygen atoms in total. The highest BCUT2D eigenvalue weighted by Crippen LogP contribution is 2.37. The second kappa shape index (κ2) is 12.9. The predicted octanol–water partition coefficient (Wildman–Crippen LogP) is 9.70. The molecule has 3 heteroatoms. The minimum absolute atomic E-state index is 0.0454. The lowest BCUT2D eigenvalue weighted by Gasteiger charge is -2.26. The fourth-order valence-electron chi connectivity index (χ4n) is 5.39. The summed E-state index contributed by atoms with van der Waals surface area (Å²) in [6.45, 7) is 2.27. The second-order valence-corrected chi connectivity index (χ2v) is 10.7. The maximum absolute atomic E-state index is 9.40. The summed E-state index contributed by atoms with van der Waals surface area (Å²) in [6, 6.07) is 50.9. The van der Waals surface area contributed by atoms with Crippen molar-refractivity contribution in [2.24, 2.45) is 0 Å². The molecule has 6 aromatic rings. The Hall–Kier alpha value is -4.96. The molecular formula is C40H35NO2. The van der Waals surface area contributed by atoms with Gasteiger partial charge in [0, 0.05) is 17.1 Å². The van der Waals surface area contributed by atoms with Crippen molar-refractivity contribution in [1.29, 1.82) is 0 Å². The van der Waals surface area contributed by atoms with Crippen LogP contribution in [0.2, 0.25) is 0 Å². The molecule has 6 aromatic carbocycles. The summed E-state index contributed by atoms with van der Waals surface area (Å²) in [5.41, 5.74) is 13.2. The van der Waals surface area contributed by atoms with Crippen LogP contribution in [-0.4, -0.2) is 10.2 Å². The van der Waals surface area contributed by atoms with Crippen molar-refractivity contribution in [1.82, 2.24) is 0 Å². The number of rotatable bonds is 9. The monoisotopic (exact) mass is 561 g/mol. The van der Waals surface area contributed by atoms with E-state index in [1.807, 2.05) is 24.3 Å². The van der Waals surface area contributed by atoms with Gasteiger partial charge in [-0.15, -0.1) is 0 Å². The lowest BCUT2D eigenvalue weighted by molar-refractivity contribution is 0.281. The normalized spacial score (nSPS) is 11.0. The van der Waals surface area contributed by atoms with Gasteiger partial charge in [0.2, 0.25) is 0 Å². The molecule has 0 heterocycles. The van der Waals surface area contributed by atoms with Gasteiger partial charge in [-0.1, -0.05) is 116 Å². The third-order valence-corrected chi connectivity index (χ3v) is 8.01. The Morgan fingerprint density at radius 2 is 0.581 bits per heavy atom. The van der Waals surface area contributed by atoms with Crippen LogP contribution in [0.4, 0.5) is 17.1 Å². The molecule has 6 rings (SSSR count). The average molecular weight is 562 g/mol. The molecule has 212 valence electrons. The van der Waals surface area contributed by atoms with Gasteiger partial charge in [0.25, 0.3) is 0 Å². The summed E-state index contributed by atoms with van der Waals surface area (Å²) in [7, 11) is 0. The Bertz CT molecular complexity index is 1540. The van der Waals surface area contributed by atoms with Crippen LogP contribution in [-0.2, 0) is 19.6 Å². The van der Waals surface area contributed by atoms with Crippen LogP contribution in [0.5, 0.6) is 0 Å². The average Bonchev–Trinajstić information content (AvgIpc) is 3.09. The van der Waals surface area contributed by atoms with Gasteiger partial charge < -0.3 is 15.1 Å². The molecule has 0 amide bonds. The Labute approximate surface area is 254 Å². The minimum atomic E-state index is 0.0454. The van der Waals surface area contributed by atoms with Crippen LogP contribution in [0.25, 0.3) is 33.4 Å². The van der Waals surface area contributed by atoms with Crippen LogP contribution in [0.3, 0.4) is 0 Å². The van der Waals surface area contributed by atoms with E-state index < -0.39 is 0 Å². The molecule has 0 aliphatic rings. The summed E-state index contributed by atoms with van der Waals surface area (Å²) < 4.78 is 0. The molecule has 43 heavy (non-hydrogen) atoms. The lowest BCUT2D eigenvalue weighted by Crippen LogP contribution is -2.09. The first-order chi connectivity index (χ1) is 21.1. The second-order valence-electron chi connectivity index (χ2n) is 10.7. The van der Waals surface area contributed by atoms with Gasteiger partial charge in [-0.2, -0.15) is 0 Å². The summed E-state index contributed by atoms with van der Waals surface area (Å²) in [6.07, 6.45) is 1.04. The van der Waals surface area contributed by atoms with E-state index in [0.717, 1.165) is 56.9 Å². The van der Waals surface area contributed by atoms with E-state index in [4.69, 9.17) is 0 Å². The number of hydrogen-bond donors (Lipinski definition) is 2. The van der Waals surface area contributed by atoms with Crippen molar-refractivity contribution >= 4 is 17.1 Å². The molecule has 0 radical (unpaired) electrons. The molecule has 0 saturated heterocycles. The van der Waals surface area contributed by atoms with Crippen LogP contribution >= 0.6 is 0 Å². The number of benzene rings is 6. The zero-order valence-corrected chi connectivity index (χ0v) is 24.3. The van der Waals surface area contributed by atoms with Crippen LogP contribution in [0.1, 0.15) is 23.6 Å². The highest BCUT2D eigenvalue weighted by Gasteiger charge is 2.14. The fourth-order valence-corrected chi connectivity index (χ4v) is 5.39. The zero-order chi connectivity index (χ0) is 29.6. The van der Waals surface area contributed by atoms with Gasteiger partial charge >= 0.3 is 0 Å². The molecule has 0 unspecified atom stereocenters. The molecule has 0 aliphatic carbocycles. The Kier molecular flexibility index (Phi) is 8.46. The number of hydrogen-bond acceptors (Lipinski definition) is 3. The van der Waals surface area contributed by atoms with Crippen LogP contribution in [0, 0.1) is 0 Å². The quantitative estimate of drug-likeness (QED) is 0.185. The smallest absolute Gasteiger partial charge is 0.0681 e. The third kappa shape index (κ3) is 6.29. The van der Waals surface area contributed by atoms with E-state index in [-0.39, 0.29) is 13.2 Å². The maximum Gasteiger partial charge on any atom is 0.0681 e. The summed E-state index contributed by atoms with van der Waals surface area (Å²) in [5.74, 6) is 0. The predicted molar refractivity (Wildman–Crippen MR) is 179 cm³/mol. The molecule has 0 aliphatic heterocycles. The number of nitrogens with zero attached hydrogens (tertiary/aromatic N) is 1. The molecule has 0 aromatic heterocycles. The van der Waals surface area contributed by atoms with Crippen molar-refractivity contribution in [2.75, 3.05) is 4.90 Å². The summed E-state index contributed by atoms with van der Waals surface area (Å²) >= 11 is 0. The summed E-state index contributed by atoms with van der Waals surface area (Å²) in [5, 5.41) is 18.8. The standard InChI is InChI=1S/C40H35NO2/c1-2-29-3-9-32(10-4-29)35-15-21-38(22-16-35)41(39-23-17-36(18-24-39)33-11-5-30(27-42)6-12-33)40-25-19-37(20-26-40)34-13-7-31(28-43)8-14-34/h3-26,42-43H,2,27-28H2,1H3. The largest absolute Gasteiger partial charge is 0.392 e. The van der Waals surface area contributed by atoms with Crippen molar-refractivity contribution in [3.63, 3.8) is 0 Å². The molecule has 0 bridgehead atoms. The molecule has 0 atom stereocenters. The third-order valence-electron chi connectivity index (χ3n) is 8.01. The van der Waals surface area contributed by atoms with Crippen molar-refractivity contribution in [3.8, 4) is 33.4 Å². The van der Waals surface area contributed by atoms with E-state index in [1.165, 1.54) is 16.7 Å². The van der Waals surface area contributed by atoms with Crippen LogP contribution < -0.4 is 4.90 Å². The van der Waals surface area contributed by atoms with Gasteiger partial charge in [-0.3, -0.25) is 0 Å². The number of aryl methyl sites for hydroxylation is 1. The Morgan fingerprint density at radius 3 is 0.814 bits per heavy atom. The molecular weight excluding hydrogens is 526 g/mol. The van der Waals surface area contributed by atoms with Gasteiger partial charge in [0.15, 0.2) is 0 Å². The molecule has 0 fully saturated rings. The van der Waals surface area contributed by atoms with Crippen molar-refractivity contribution in [3.05, 3.63) is 162 Å². The van der Waals surface area contributed by atoms with E-state index in [9.17, 15) is 10.2 Å². The fraction of sp³-hybridized carbons (Fsp3) is 0.100. The first kappa shape index (κ1) is 28.2. The number of aliphatic hydroxyl groups is 2. The van der Waals surface area contributed by atoms with E-state index in [1.54, 1.807) is 0 Å². The summed E-state index contributed by atoms with van der Waals surface area (Å²) in [4.78, 5) is 2.28. The lowest BCUT2D eigenvalue weighted by atomic mass is 10.0. The van der Waals surface area contributed by atoms with Crippen molar-refractivity contribution in [2.45, 2.75) is 26.6 Å². The van der Waals surface area contributed by atoms with Gasteiger partial charge in [0.05, 0.1) is 13.2 Å². The topological polar surface area (TPSA) is 43.7 Å². The molecule has 0 spiro atoms. The van der Waals surface area contributed by atoms with Crippen molar-refractivity contribution < 1.29 is 10.2 Å². The van der Waals surface area contributed by atoms with E-state index in [0.29, 0.717) is 0 Å². The first-order valence-corrected chi connectivity index (χ1v) is 14.7. The van der Waals surface area contributed by atoms with E-state index >= 15 is 0 Å². The Morgan fingerprint density at radius 1 is 0.349 bits per heavy atom. The molecule has 0 saturated carbocycles. The zero-order valence-electron chi connectivity index (χ0n) is 24.3. The number of aliphatic hydroxyl groups excluding tert-OH is 2. The van der Waals surface area contributed by atoms with Crippen LogP contribution in [0.15, 0.2) is 146 Å². The maximum atomic E-state index is 9.40. The minimum Gasteiger partial charge on any atom is -0.392 e. The first-order valence-electron chi connectivity index (χ1n) is 14.7. The van der Waals surface area contributed by atoms with Gasteiger partial charge in [-0.05, 0) is 92.9 Å². The highest BCUT2D eigenvalue weighted by molar-refractivity contribution is 5.81. The SMILES string of the molecule is CCc1ccc(-c2ccc(N(c3ccc(-c4ccc(CO)cc4)cc3)c3ccc(-c4ccc(CO)cc4)cc3)cc2)cc1. The Balaban J connectivity index is 1.34. The van der Waals surface area contributed by atoms with Gasteiger partial charge in [-0.25, -0.2) is 0 Å². The highest BCUT2D eigenvalue weighted by atomic mass is 16.3. The molecule has 2 N–H and O–H groups in total. The number of anilines is 3.